The summed E-state index contributed by atoms with van der Waals surface area (Å²) in [5, 5.41) is 13.4. The molecule has 0 atom stereocenters. The van der Waals surface area contributed by atoms with E-state index in [0.29, 0.717) is 17.7 Å². The van der Waals surface area contributed by atoms with Gasteiger partial charge in [-0.25, -0.2) is 4.39 Å². The van der Waals surface area contributed by atoms with Crippen molar-refractivity contribution in [2.75, 3.05) is 5.32 Å². The van der Waals surface area contributed by atoms with Crippen LogP contribution in [0.25, 0.3) is 0 Å². The lowest BCUT2D eigenvalue weighted by Gasteiger charge is -2.09. The zero-order valence-electron chi connectivity index (χ0n) is 11.3. The minimum absolute atomic E-state index is 0.142. The van der Waals surface area contributed by atoms with Gasteiger partial charge in [-0.2, -0.15) is 0 Å². The van der Waals surface area contributed by atoms with Gasteiger partial charge in [0.1, 0.15) is 5.82 Å². The first-order valence-electron chi connectivity index (χ1n) is 6.35. The van der Waals surface area contributed by atoms with E-state index in [1.807, 2.05) is 6.92 Å². The number of hydrogen-bond acceptors (Lipinski definition) is 3. The van der Waals surface area contributed by atoms with Gasteiger partial charge in [-0.1, -0.05) is 13.0 Å². The van der Waals surface area contributed by atoms with Crippen LogP contribution in [0.15, 0.2) is 42.5 Å². The van der Waals surface area contributed by atoms with E-state index >= 15 is 0 Å². The Hall–Kier alpha value is -2.76. The fraction of sp³-hybridized carbons (Fsp3) is 0.133. The van der Waals surface area contributed by atoms with Crippen molar-refractivity contribution in [3.05, 3.63) is 69.5 Å². The molecule has 0 spiro atoms. The summed E-state index contributed by atoms with van der Waals surface area (Å²) in [5.74, 6) is -0.861. The molecule has 0 aromatic heterocycles. The van der Waals surface area contributed by atoms with Crippen molar-refractivity contribution in [1.29, 1.82) is 0 Å². The normalized spacial score (nSPS) is 10.2. The summed E-state index contributed by atoms with van der Waals surface area (Å²) in [6.07, 6.45) is 0.574. The average molecular weight is 288 g/mol. The van der Waals surface area contributed by atoms with Crippen molar-refractivity contribution in [1.82, 2.24) is 0 Å². The van der Waals surface area contributed by atoms with Crippen LogP contribution in [0.2, 0.25) is 0 Å². The molecule has 2 aromatic rings. The highest BCUT2D eigenvalue weighted by Gasteiger charge is 2.16. The maximum absolute atomic E-state index is 12.8. The summed E-state index contributed by atoms with van der Waals surface area (Å²) in [6.45, 7) is 1.86. The van der Waals surface area contributed by atoms with Crippen LogP contribution in [0.5, 0.6) is 0 Å². The van der Waals surface area contributed by atoms with E-state index in [1.54, 1.807) is 6.07 Å². The van der Waals surface area contributed by atoms with Gasteiger partial charge in [0.05, 0.1) is 4.92 Å². The second-order valence-corrected chi connectivity index (χ2v) is 4.41. The number of anilines is 1. The van der Waals surface area contributed by atoms with Gasteiger partial charge < -0.3 is 5.32 Å². The van der Waals surface area contributed by atoms with Crippen molar-refractivity contribution in [3.8, 4) is 0 Å². The standard InChI is InChI=1S/C15H13FN2O3/c1-2-10-3-8-13(18(20)21)9-14(10)15(19)17-12-6-4-11(16)5-7-12/h3-9H,2H2,1H3,(H,17,19). The van der Waals surface area contributed by atoms with Gasteiger partial charge in [0.15, 0.2) is 0 Å². The Kier molecular flexibility index (Phi) is 4.27. The number of carbonyl (C=O) groups excluding carboxylic acids is 1. The molecule has 0 bridgehead atoms. The number of carbonyl (C=O) groups is 1. The average Bonchev–Trinajstić information content (AvgIpc) is 2.48. The summed E-state index contributed by atoms with van der Waals surface area (Å²) >= 11 is 0. The lowest BCUT2D eigenvalue weighted by molar-refractivity contribution is -0.384. The molecule has 0 fully saturated rings. The van der Waals surface area contributed by atoms with E-state index in [-0.39, 0.29) is 11.3 Å². The number of non-ortho nitro benzene ring substituents is 1. The van der Waals surface area contributed by atoms with Gasteiger partial charge in [0.25, 0.3) is 11.6 Å². The predicted octanol–water partition coefficient (Wildman–Crippen LogP) is 3.55. The number of halogens is 1. The topological polar surface area (TPSA) is 72.2 Å². The molecule has 2 aromatic carbocycles. The molecule has 21 heavy (non-hydrogen) atoms. The highest BCUT2D eigenvalue weighted by atomic mass is 19.1. The molecule has 0 aliphatic heterocycles. The van der Waals surface area contributed by atoms with Gasteiger partial charge in [-0.15, -0.1) is 0 Å². The zero-order chi connectivity index (χ0) is 15.4. The maximum Gasteiger partial charge on any atom is 0.270 e. The smallest absolute Gasteiger partial charge is 0.270 e. The van der Waals surface area contributed by atoms with Crippen LogP contribution in [-0.4, -0.2) is 10.8 Å². The number of nitrogens with zero attached hydrogens (tertiary/aromatic N) is 1. The minimum Gasteiger partial charge on any atom is -0.322 e. The number of aryl methyl sites for hydroxylation is 1. The summed E-state index contributed by atoms with van der Waals surface area (Å²) in [5.41, 5.74) is 1.24. The maximum atomic E-state index is 12.8. The molecule has 0 aliphatic carbocycles. The SMILES string of the molecule is CCc1ccc([N+](=O)[O-])cc1C(=O)Nc1ccc(F)cc1. The van der Waals surface area contributed by atoms with Crippen LogP contribution >= 0.6 is 0 Å². The summed E-state index contributed by atoms with van der Waals surface area (Å²) in [6, 6.07) is 9.49. The quantitative estimate of drug-likeness (QED) is 0.690. The molecule has 6 heteroatoms. The van der Waals surface area contributed by atoms with Gasteiger partial charge in [-0.05, 0) is 36.2 Å². The van der Waals surface area contributed by atoms with E-state index in [9.17, 15) is 19.3 Å². The van der Waals surface area contributed by atoms with Crippen molar-refractivity contribution in [3.63, 3.8) is 0 Å². The molecule has 0 saturated heterocycles. The first kappa shape index (κ1) is 14.6. The van der Waals surface area contributed by atoms with Gasteiger partial charge >= 0.3 is 0 Å². The molecular weight excluding hydrogens is 275 g/mol. The van der Waals surface area contributed by atoms with Crippen LogP contribution in [-0.2, 0) is 6.42 Å². The summed E-state index contributed by atoms with van der Waals surface area (Å²) in [4.78, 5) is 22.5. The number of nitrogens with one attached hydrogen (secondary N) is 1. The number of hydrogen-bond donors (Lipinski definition) is 1. The first-order valence-corrected chi connectivity index (χ1v) is 6.35. The Morgan fingerprint density at radius 2 is 1.90 bits per heavy atom. The first-order chi connectivity index (χ1) is 10.0. The zero-order valence-corrected chi connectivity index (χ0v) is 11.3. The largest absolute Gasteiger partial charge is 0.322 e. The Morgan fingerprint density at radius 1 is 1.24 bits per heavy atom. The Morgan fingerprint density at radius 3 is 2.48 bits per heavy atom. The lowest BCUT2D eigenvalue weighted by atomic mass is 10.0. The lowest BCUT2D eigenvalue weighted by Crippen LogP contribution is -2.14. The van der Waals surface area contributed by atoms with Gasteiger partial charge in [0.2, 0.25) is 0 Å². The molecule has 0 radical (unpaired) electrons. The van der Waals surface area contributed by atoms with E-state index in [4.69, 9.17) is 0 Å². The molecule has 0 saturated carbocycles. The van der Waals surface area contributed by atoms with Crippen molar-refractivity contribution in [2.45, 2.75) is 13.3 Å². The fourth-order valence-corrected chi connectivity index (χ4v) is 1.93. The van der Waals surface area contributed by atoms with Crippen LogP contribution in [0, 0.1) is 15.9 Å². The molecule has 108 valence electrons. The highest BCUT2D eigenvalue weighted by molar-refractivity contribution is 6.05. The number of amides is 1. The Bertz CT molecular complexity index is 684. The third kappa shape index (κ3) is 3.42. The van der Waals surface area contributed by atoms with Crippen molar-refractivity contribution < 1.29 is 14.1 Å². The van der Waals surface area contributed by atoms with Crippen LogP contribution in [0.4, 0.5) is 15.8 Å². The molecule has 0 heterocycles. The monoisotopic (exact) mass is 288 g/mol. The Labute approximate surface area is 120 Å². The predicted molar refractivity (Wildman–Crippen MR) is 76.8 cm³/mol. The van der Waals surface area contributed by atoms with Gasteiger partial charge in [0, 0.05) is 23.4 Å². The van der Waals surface area contributed by atoms with E-state index in [2.05, 4.69) is 5.32 Å². The molecule has 0 unspecified atom stereocenters. The van der Waals surface area contributed by atoms with Crippen molar-refractivity contribution in [2.24, 2.45) is 0 Å². The Balaban J connectivity index is 2.30. The van der Waals surface area contributed by atoms with E-state index in [1.165, 1.54) is 36.4 Å². The van der Waals surface area contributed by atoms with Crippen LogP contribution in [0.3, 0.4) is 0 Å². The molecule has 2 rings (SSSR count). The second kappa shape index (κ2) is 6.13. The molecular formula is C15H13FN2O3. The number of nitro groups is 1. The van der Waals surface area contributed by atoms with E-state index < -0.39 is 16.6 Å². The molecule has 1 N–H and O–H groups in total. The molecule has 1 amide bonds. The highest BCUT2D eigenvalue weighted by Crippen LogP contribution is 2.20. The third-order valence-electron chi connectivity index (χ3n) is 3.03. The van der Waals surface area contributed by atoms with E-state index in [0.717, 1.165) is 0 Å². The number of rotatable bonds is 4. The summed E-state index contributed by atoms with van der Waals surface area (Å²) < 4.78 is 12.8. The number of benzene rings is 2. The van der Waals surface area contributed by atoms with Crippen molar-refractivity contribution >= 4 is 17.3 Å². The van der Waals surface area contributed by atoms with Crippen LogP contribution in [0.1, 0.15) is 22.8 Å². The molecule has 0 aliphatic rings. The van der Waals surface area contributed by atoms with Gasteiger partial charge in [-0.3, -0.25) is 14.9 Å². The number of nitro benzene ring substituents is 1. The summed E-state index contributed by atoms with van der Waals surface area (Å²) in [7, 11) is 0. The second-order valence-electron chi connectivity index (χ2n) is 4.41. The van der Waals surface area contributed by atoms with Crippen LogP contribution < -0.4 is 5.32 Å². The molecule has 5 nitrogen and oxygen atoms in total. The third-order valence-corrected chi connectivity index (χ3v) is 3.03. The minimum atomic E-state index is -0.548. The fourth-order valence-electron chi connectivity index (χ4n) is 1.93.